The van der Waals surface area contributed by atoms with Crippen LogP contribution in [0.2, 0.25) is 0 Å². The van der Waals surface area contributed by atoms with Crippen LogP contribution in [0.3, 0.4) is 0 Å². The molecule has 0 aliphatic carbocycles. The number of ether oxygens (including phenoxy) is 5. The van der Waals surface area contributed by atoms with Gasteiger partial charge in [0.25, 0.3) is 0 Å². The van der Waals surface area contributed by atoms with Crippen molar-refractivity contribution < 1.29 is 56.3 Å². The lowest BCUT2D eigenvalue weighted by atomic mass is 10.0. The second-order valence-electron chi connectivity index (χ2n) is 11.7. The lowest BCUT2D eigenvalue weighted by Crippen LogP contribution is -2.43. The zero-order valence-corrected chi connectivity index (χ0v) is 29.5. The number of alkyl halides is 3. The Morgan fingerprint density at radius 2 is 1.63 bits per heavy atom. The standard InChI is InChI=1S/C33H33F3N2O7.C7H6O2/c1-4-6-10-22(5-2)32(40)44-25-18-26(20-42-31(39)23-11-8-7-9-12-23)43-28(19-25)45-30-27(29(37-38-30)33(34,35)36)17-21-13-15-24(41-3)16-14-21;8-7(9)6-4-2-1-3-5-6/h4-16,25-26,28H,2,17-20H2,1,3H3,(H,37,38);1-5H,(H,8,9)/b6-4-,22-10+;. The van der Waals surface area contributed by atoms with Gasteiger partial charge in [0.2, 0.25) is 12.2 Å². The van der Waals surface area contributed by atoms with Crippen molar-refractivity contribution in [1.29, 1.82) is 0 Å². The number of halogens is 3. The van der Waals surface area contributed by atoms with Crippen molar-refractivity contribution in [3.05, 3.63) is 149 Å². The van der Waals surface area contributed by atoms with Gasteiger partial charge in [0, 0.05) is 19.3 Å². The van der Waals surface area contributed by atoms with Crippen LogP contribution in [0.15, 0.2) is 121 Å². The Morgan fingerprint density at radius 1 is 0.981 bits per heavy atom. The maximum atomic E-state index is 13.9. The van der Waals surface area contributed by atoms with E-state index in [1.165, 1.54) is 19.3 Å². The monoisotopic (exact) mass is 748 g/mol. The first-order chi connectivity index (χ1) is 25.9. The molecule has 14 heteroatoms. The molecule has 4 aromatic rings. The molecule has 1 saturated heterocycles. The third-order valence-corrected chi connectivity index (χ3v) is 7.85. The number of carbonyl (C=O) groups excluding carboxylic acids is 2. The highest BCUT2D eigenvalue weighted by atomic mass is 19.4. The molecule has 1 aliphatic rings. The number of hydrogen-bond acceptors (Lipinski definition) is 9. The number of nitrogens with zero attached hydrogens (tertiary/aromatic N) is 1. The fourth-order valence-corrected chi connectivity index (χ4v) is 5.17. The number of allylic oxidation sites excluding steroid dienone is 3. The van der Waals surface area contributed by atoms with E-state index < -0.39 is 48.3 Å². The molecule has 0 radical (unpaired) electrons. The van der Waals surface area contributed by atoms with Gasteiger partial charge in [-0.05, 0) is 55.0 Å². The Hall–Kier alpha value is -6.15. The van der Waals surface area contributed by atoms with Crippen molar-refractivity contribution in [2.45, 2.75) is 50.9 Å². The van der Waals surface area contributed by atoms with E-state index in [1.807, 2.05) is 5.10 Å². The quantitative estimate of drug-likeness (QED) is 0.0791. The average molecular weight is 749 g/mol. The number of carboxylic acids is 1. The molecule has 0 amide bonds. The summed E-state index contributed by atoms with van der Waals surface area (Å²) in [6, 6.07) is 23.2. The van der Waals surface area contributed by atoms with E-state index in [1.54, 1.807) is 104 Å². The Morgan fingerprint density at radius 3 is 2.19 bits per heavy atom. The number of carbonyl (C=O) groups is 3. The Bertz CT molecular complexity index is 1910. The second kappa shape index (κ2) is 19.6. The number of esters is 2. The molecule has 1 fully saturated rings. The van der Waals surface area contributed by atoms with Gasteiger partial charge in [-0.2, -0.15) is 13.2 Å². The molecule has 2 heterocycles. The highest BCUT2D eigenvalue weighted by Crippen LogP contribution is 2.37. The van der Waals surface area contributed by atoms with Crippen LogP contribution in [0.4, 0.5) is 13.2 Å². The molecule has 11 nitrogen and oxygen atoms in total. The average Bonchev–Trinajstić information content (AvgIpc) is 3.57. The van der Waals surface area contributed by atoms with Gasteiger partial charge in [-0.15, -0.1) is 5.10 Å². The molecule has 0 bridgehead atoms. The van der Waals surface area contributed by atoms with Crippen LogP contribution in [0.25, 0.3) is 0 Å². The number of aromatic carboxylic acids is 1. The number of carboxylic acid groups (broad SMARTS) is 1. The van der Waals surface area contributed by atoms with Gasteiger partial charge in [0.05, 0.1) is 35.5 Å². The van der Waals surface area contributed by atoms with Gasteiger partial charge in [0.1, 0.15) is 24.2 Å². The van der Waals surface area contributed by atoms with Crippen LogP contribution in [-0.2, 0) is 31.6 Å². The summed E-state index contributed by atoms with van der Waals surface area (Å²) in [6.07, 6.45) is -1.32. The number of hydrogen-bond donors (Lipinski definition) is 2. The first kappa shape index (κ1) is 40.6. The maximum Gasteiger partial charge on any atom is 0.433 e. The molecule has 3 atom stereocenters. The van der Waals surface area contributed by atoms with E-state index in [0.29, 0.717) is 22.4 Å². The van der Waals surface area contributed by atoms with E-state index in [9.17, 15) is 27.6 Å². The highest BCUT2D eigenvalue weighted by molar-refractivity contribution is 5.92. The van der Waals surface area contributed by atoms with Gasteiger partial charge < -0.3 is 28.8 Å². The van der Waals surface area contributed by atoms with Crippen molar-refractivity contribution in [3.8, 4) is 11.6 Å². The first-order valence-electron chi connectivity index (χ1n) is 16.7. The van der Waals surface area contributed by atoms with E-state index in [0.717, 1.165) is 0 Å². The van der Waals surface area contributed by atoms with Crippen LogP contribution in [0.5, 0.6) is 11.6 Å². The Kier molecular flexibility index (Phi) is 14.8. The van der Waals surface area contributed by atoms with Gasteiger partial charge in [0.15, 0.2) is 0 Å². The van der Waals surface area contributed by atoms with Crippen LogP contribution < -0.4 is 9.47 Å². The highest BCUT2D eigenvalue weighted by Gasteiger charge is 2.40. The lowest BCUT2D eigenvalue weighted by Gasteiger charge is -2.34. The van der Waals surface area contributed by atoms with Crippen LogP contribution in [0.1, 0.15) is 57.3 Å². The van der Waals surface area contributed by atoms with Gasteiger partial charge in [-0.25, -0.2) is 14.4 Å². The third kappa shape index (κ3) is 12.0. The fraction of sp³-hybridized carbons (Fsp3) is 0.250. The van der Waals surface area contributed by atoms with Crippen LogP contribution >= 0.6 is 0 Å². The molecule has 3 unspecified atom stereocenters. The molecule has 1 aliphatic heterocycles. The number of H-pyrrole nitrogens is 1. The van der Waals surface area contributed by atoms with Gasteiger partial charge >= 0.3 is 24.1 Å². The predicted octanol–water partition coefficient (Wildman–Crippen LogP) is 7.75. The zero-order chi connectivity index (χ0) is 39.1. The molecule has 5 rings (SSSR count). The van der Waals surface area contributed by atoms with E-state index >= 15 is 0 Å². The number of methoxy groups -OCH3 is 1. The smallest absolute Gasteiger partial charge is 0.433 e. The van der Waals surface area contributed by atoms with Gasteiger partial charge in [-0.3, -0.25) is 5.10 Å². The summed E-state index contributed by atoms with van der Waals surface area (Å²) in [5.74, 6) is -1.91. The van der Waals surface area contributed by atoms with E-state index in [2.05, 4.69) is 11.7 Å². The number of aromatic amines is 1. The normalized spacial score (nSPS) is 17.1. The molecule has 0 saturated carbocycles. The fourth-order valence-electron chi connectivity index (χ4n) is 5.17. The number of benzene rings is 3. The first-order valence-corrected chi connectivity index (χ1v) is 16.7. The molecule has 54 heavy (non-hydrogen) atoms. The minimum atomic E-state index is -4.74. The van der Waals surface area contributed by atoms with Crippen LogP contribution in [0, 0.1) is 0 Å². The second-order valence-corrected chi connectivity index (χ2v) is 11.7. The number of aromatic nitrogens is 2. The van der Waals surface area contributed by atoms with Gasteiger partial charge in [-0.1, -0.05) is 73.3 Å². The third-order valence-electron chi connectivity index (χ3n) is 7.85. The number of nitrogens with one attached hydrogen (secondary N) is 1. The van der Waals surface area contributed by atoms with Crippen molar-refractivity contribution in [2.24, 2.45) is 0 Å². The lowest BCUT2D eigenvalue weighted by molar-refractivity contribution is -0.196. The van der Waals surface area contributed by atoms with Crippen molar-refractivity contribution in [3.63, 3.8) is 0 Å². The SMILES string of the molecule is C=C/C(=C\C=C/C)C(=O)OC1CC(COC(=O)c2ccccc2)OC(Oc2n[nH]c(C(F)(F)F)c2Cc2ccc(OC)cc2)C1.O=C(O)c1ccccc1. The zero-order valence-electron chi connectivity index (χ0n) is 29.5. The summed E-state index contributed by atoms with van der Waals surface area (Å²) in [7, 11) is 1.49. The van der Waals surface area contributed by atoms with Crippen molar-refractivity contribution in [1.82, 2.24) is 10.2 Å². The molecular formula is C40H39F3N2O9. The van der Waals surface area contributed by atoms with Crippen LogP contribution in [-0.4, -0.2) is 65.4 Å². The Balaban J connectivity index is 0.000000631. The van der Waals surface area contributed by atoms with Crippen molar-refractivity contribution >= 4 is 17.9 Å². The minimum Gasteiger partial charge on any atom is -0.497 e. The summed E-state index contributed by atoms with van der Waals surface area (Å²) < 4.78 is 70.0. The molecule has 284 valence electrons. The molecule has 1 aromatic heterocycles. The largest absolute Gasteiger partial charge is 0.497 e. The maximum absolute atomic E-state index is 13.9. The van der Waals surface area contributed by atoms with E-state index in [-0.39, 0.29) is 42.9 Å². The summed E-state index contributed by atoms with van der Waals surface area (Å²) in [6.45, 7) is 5.21. The summed E-state index contributed by atoms with van der Waals surface area (Å²) in [4.78, 5) is 35.6. The summed E-state index contributed by atoms with van der Waals surface area (Å²) >= 11 is 0. The molecular weight excluding hydrogens is 709 g/mol. The number of rotatable bonds is 13. The molecule has 0 spiro atoms. The van der Waals surface area contributed by atoms with E-state index in [4.69, 9.17) is 28.8 Å². The minimum absolute atomic E-state index is 0.0287. The topological polar surface area (TPSA) is 146 Å². The molecule has 2 N–H and O–H groups in total. The predicted molar refractivity (Wildman–Crippen MR) is 191 cm³/mol. The molecule has 3 aromatic carbocycles. The summed E-state index contributed by atoms with van der Waals surface area (Å²) in [5.41, 5.74) is 0.120. The Labute approximate surface area is 309 Å². The van der Waals surface area contributed by atoms with Crippen molar-refractivity contribution in [2.75, 3.05) is 13.7 Å². The summed E-state index contributed by atoms with van der Waals surface area (Å²) in [5, 5.41) is 14.2.